The van der Waals surface area contributed by atoms with Gasteiger partial charge in [0.05, 0.1) is 18.3 Å². The summed E-state index contributed by atoms with van der Waals surface area (Å²) in [6.45, 7) is 1.41. The molecule has 1 aliphatic rings. The first-order valence-corrected chi connectivity index (χ1v) is 10.7. The van der Waals surface area contributed by atoms with Crippen LogP contribution >= 0.6 is 12.4 Å². The van der Waals surface area contributed by atoms with Crippen LogP contribution in [0, 0.1) is 11.7 Å². The molecule has 2 unspecified atom stereocenters. The van der Waals surface area contributed by atoms with Crippen LogP contribution < -0.4 is 5.32 Å². The number of alkyl halides is 3. The highest BCUT2D eigenvalue weighted by molar-refractivity contribution is 5.85. The molecule has 33 heavy (non-hydrogen) atoms. The Morgan fingerprint density at radius 1 is 0.909 bits per heavy atom. The largest absolute Gasteiger partial charge is 0.416 e. The maximum atomic E-state index is 13.8. The van der Waals surface area contributed by atoms with Gasteiger partial charge in [-0.1, -0.05) is 60.7 Å². The lowest BCUT2D eigenvalue weighted by molar-refractivity contribution is -0.137. The Morgan fingerprint density at radius 3 is 2.09 bits per heavy atom. The molecule has 1 aliphatic heterocycles. The van der Waals surface area contributed by atoms with Crippen molar-refractivity contribution in [2.75, 3.05) is 13.1 Å². The van der Waals surface area contributed by atoms with Gasteiger partial charge in [-0.05, 0) is 47.9 Å². The number of halogens is 5. The lowest BCUT2D eigenvalue weighted by atomic mass is 9.76. The van der Waals surface area contributed by atoms with Gasteiger partial charge < -0.3 is 10.1 Å². The van der Waals surface area contributed by atoms with Crippen molar-refractivity contribution in [1.82, 2.24) is 5.32 Å². The zero-order chi connectivity index (χ0) is 22.6. The maximum absolute atomic E-state index is 13.8. The highest BCUT2D eigenvalue weighted by Crippen LogP contribution is 2.37. The van der Waals surface area contributed by atoms with E-state index in [1.165, 1.54) is 0 Å². The number of rotatable bonds is 6. The van der Waals surface area contributed by atoms with E-state index in [0.29, 0.717) is 6.07 Å². The summed E-state index contributed by atoms with van der Waals surface area (Å²) in [5.41, 5.74) is 1.51. The Hall–Kier alpha value is -2.41. The predicted molar refractivity (Wildman–Crippen MR) is 123 cm³/mol. The van der Waals surface area contributed by atoms with Crippen molar-refractivity contribution in [3.05, 3.63) is 107 Å². The number of hydrogen-bond donors (Lipinski definition) is 1. The molecule has 3 aromatic carbocycles. The van der Waals surface area contributed by atoms with Crippen LogP contribution in [0.5, 0.6) is 0 Å². The first kappa shape index (κ1) is 25.2. The number of benzene rings is 3. The van der Waals surface area contributed by atoms with Gasteiger partial charge in [-0.2, -0.15) is 13.2 Å². The van der Waals surface area contributed by atoms with Crippen molar-refractivity contribution in [2.24, 2.45) is 5.92 Å². The molecule has 3 aromatic rings. The van der Waals surface area contributed by atoms with Crippen molar-refractivity contribution < 1.29 is 22.3 Å². The van der Waals surface area contributed by atoms with Crippen molar-refractivity contribution in [3.8, 4) is 0 Å². The molecule has 1 saturated heterocycles. The van der Waals surface area contributed by atoms with Crippen molar-refractivity contribution >= 4 is 12.4 Å². The summed E-state index contributed by atoms with van der Waals surface area (Å²) in [5.74, 6) is -0.774. The molecule has 176 valence electrons. The Morgan fingerprint density at radius 2 is 1.52 bits per heavy atom. The molecule has 0 bridgehead atoms. The fourth-order valence-electron chi connectivity index (χ4n) is 4.51. The van der Waals surface area contributed by atoms with Gasteiger partial charge in [0, 0.05) is 18.4 Å². The van der Waals surface area contributed by atoms with Gasteiger partial charge in [0.25, 0.3) is 0 Å². The lowest BCUT2D eigenvalue weighted by Gasteiger charge is -2.38. The third-order valence-electron chi connectivity index (χ3n) is 5.96. The minimum absolute atomic E-state index is 0. The average Bonchev–Trinajstić information content (AvgIpc) is 2.79. The molecule has 0 aromatic heterocycles. The van der Waals surface area contributed by atoms with Crippen LogP contribution in [0.3, 0.4) is 0 Å². The topological polar surface area (TPSA) is 21.3 Å². The lowest BCUT2D eigenvalue weighted by Crippen LogP contribution is -2.44. The molecular weight excluding hydrogens is 454 g/mol. The number of piperidine rings is 1. The van der Waals surface area contributed by atoms with E-state index in [0.717, 1.165) is 42.8 Å². The van der Waals surface area contributed by atoms with Crippen molar-refractivity contribution in [3.63, 3.8) is 0 Å². The molecule has 4 rings (SSSR count). The molecule has 0 radical (unpaired) electrons. The highest BCUT2D eigenvalue weighted by atomic mass is 35.5. The van der Waals surface area contributed by atoms with Crippen LogP contribution in [0.25, 0.3) is 0 Å². The average molecular weight is 480 g/mol. The molecule has 0 amide bonds. The van der Waals surface area contributed by atoms with Gasteiger partial charge in [-0.15, -0.1) is 12.4 Å². The van der Waals surface area contributed by atoms with Crippen LogP contribution in [-0.4, -0.2) is 19.2 Å². The van der Waals surface area contributed by atoms with Crippen LogP contribution in [0.1, 0.15) is 34.6 Å². The molecule has 0 aliphatic carbocycles. The molecular formula is C26H26ClF4NO. The Bertz CT molecular complexity index is 974. The van der Waals surface area contributed by atoms with Gasteiger partial charge >= 0.3 is 6.18 Å². The summed E-state index contributed by atoms with van der Waals surface area (Å²) >= 11 is 0. The first-order chi connectivity index (χ1) is 15.4. The molecule has 1 heterocycles. The minimum Gasteiger partial charge on any atom is -0.373 e. The summed E-state index contributed by atoms with van der Waals surface area (Å²) in [5, 5.41) is 3.43. The summed E-state index contributed by atoms with van der Waals surface area (Å²) in [6, 6.07) is 22.9. The SMILES string of the molecule is Cl.Fc1cc(COC2CCNCC2C(c2ccccc2)c2ccccc2)cc(C(F)(F)F)c1. The number of ether oxygens (including phenoxy) is 1. The van der Waals surface area contributed by atoms with E-state index in [9.17, 15) is 17.6 Å². The predicted octanol–water partition coefficient (Wildman–Crippen LogP) is 6.59. The van der Waals surface area contributed by atoms with Crippen LogP contribution in [-0.2, 0) is 17.5 Å². The standard InChI is InChI=1S/C26H25F4NO.ClH/c27-22-14-18(13-21(15-22)26(28,29)30)17-32-24-11-12-31-16-23(24)25(19-7-3-1-4-8-19)20-9-5-2-6-10-20;/h1-10,13-15,23-25,31H,11-12,16-17H2;1H. The zero-order valence-electron chi connectivity index (χ0n) is 17.9. The minimum atomic E-state index is -4.60. The van der Waals surface area contributed by atoms with E-state index in [1.54, 1.807) is 0 Å². The van der Waals surface area contributed by atoms with E-state index in [1.807, 2.05) is 36.4 Å². The number of hydrogen-bond acceptors (Lipinski definition) is 2. The van der Waals surface area contributed by atoms with Gasteiger partial charge in [-0.3, -0.25) is 0 Å². The molecule has 1 fully saturated rings. The van der Waals surface area contributed by atoms with Crippen molar-refractivity contribution in [1.29, 1.82) is 0 Å². The highest BCUT2D eigenvalue weighted by Gasteiger charge is 2.35. The molecule has 1 N–H and O–H groups in total. The van der Waals surface area contributed by atoms with Gasteiger partial charge in [0.1, 0.15) is 5.82 Å². The van der Waals surface area contributed by atoms with Gasteiger partial charge in [-0.25, -0.2) is 4.39 Å². The van der Waals surface area contributed by atoms with Crippen LogP contribution in [0.4, 0.5) is 17.6 Å². The normalized spacial score (nSPS) is 18.7. The smallest absolute Gasteiger partial charge is 0.373 e. The third kappa shape index (κ3) is 6.34. The first-order valence-electron chi connectivity index (χ1n) is 10.7. The quantitative estimate of drug-likeness (QED) is 0.402. The molecule has 2 nitrogen and oxygen atoms in total. The fourth-order valence-corrected chi connectivity index (χ4v) is 4.51. The second-order valence-corrected chi connectivity index (χ2v) is 8.15. The summed E-state index contributed by atoms with van der Waals surface area (Å²) in [7, 11) is 0. The van der Waals surface area contributed by atoms with E-state index in [-0.39, 0.29) is 42.5 Å². The van der Waals surface area contributed by atoms with Gasteiger partial charge in [0.2, 0.25) is 0 Å². The molecule has 7 heteroatoms. The molecule has 0 spiro atoms. The summed E-state index contributed by atoms with van der Waals surface area (Å²) in [6.07, 6.45) is -4.05. The number of nitrogens with one attached hydrogen (secondary N) is 1. The van der Waals surface area contributed by atoms with E-state index < -0.39 is 17.6 Å². The second kappa shape index (κ2) is 11.1. The van der Waals surface area contributed by atoms with E-state index >= 15 is 0 Å². The van der Waals surface area contributed by atoms with Crippen LogP contribution in [0.2, 0.25) is 0 Å². The molecule has 0 saturated carbocycles. The monoisotopic (exact) mass is 479 g/mol. The van der Waals surface area contributed by atoms with E-state index in [4.69, 9.17) is 4.74 Å². The second-order valence-electron chi connectivity index (χ2n) is 8.15. The zero-order valence-corrected chi connectivity index (χ0v) is 18.7. The Kier molecular flexibility index (Phi) is 8.51. The van der Waals surface area contributed by atoms with Gasteiger partial charge in [0.15, 0.2) is 0 Å². The maximum Gasteiger partial charge on any atom is 0.416 e. The van der Waals surface area contributed by atoms with E-state index in [2.05, 4.69) is 29.6 Å². The van der Waals surface area contributed by atoms with Crippen molar-refractivity contribution in [2.45, 2.75) is 31.2 Å². The fraction of sp³-hybridized carbons (Fsp3) is 0.308. The summed E-state index contributed by atoms with van der Waals surface area (Å²) < 4.78 is 59.2. The Balaban J connectivity index is 0.00000306. The third-order valence-corrected chi connectivity index (χ3v) is 5.96. The molecule has 2 atom stereocenters. The Labute approximate surface area is 197 Å². The van der Waals surface area contributed by atoms with Crippen LogP contribution in [0.15, 0.2) is 78.9 Å². The summed E-state index contributed by atoms with van der Waals surface area (Å²) in [4.78, 5) is 0.